The Morgan fingerprint density at radius 1 is 1.39 bits per heavy atom. The van der Waals surface area contributed by atoms with Crippen LogP contribution in [0.15, 0.2) is 23.9 Å². The smallest absolute Gasteiger partial charge is 0.0558 e. The number of nitrogens with zero attached hydrogens (tertiary/aromatic N) is 1. The molecule has 0 aliphatic heterocycles. The molecule has 1 aliphatic carbocycles. The number of hydrogen-bond acceptors (Lipinski definition) is 4. The monoisotopic (exact) mass is 253 g/mol. The largest absolute Gasteiger partial charge is 0.395 e. The summed E-state index contributed by atoms with van der Waals surface area (Å²) in [6.45, 7) is 11.2. The number of nitrogens with one attached hydrogen (secondary N) is 2. The lowest BCUT2D eigenvalue weighted by molar-refractivity contribution is 0.208. The molecule has 0 aromatic rings. The minimum Gasteiger partial charge on any atom is -0.395 e. The van der Waals surface area contributed by atoms with Crippen LogP contribution in [-0.4, -0.2) is 49.0 Å². The molecule has 0 heterocycles. The van der Waals surface area contributed by atoms with Crippen molar-refractivity contribution in [3.63, 3.8) is 0 Å². The Morgan fingerprint density at radius 2 is 2.00 bits per heavy atom. The molecular weight excluding hydrogens is 226 g/mol. The van der Waals surface area contributed by atoms with Crippen LogP contribution >= 0.6 is 0 Å². The molecule has 0 saturated heterocycles. The van der Waals surface area contributed by atoms with E-state index in [-0.39, 0.29) is 6.61 Å². The Kier molecular flexibility index (Phi) is 9.24. The van der Waals surface area contributed by atoms with E-state index in [1.165, 1.54) is 5.57 Å². The summed E-state index contributed by atoms with van der Waals surface area (Å²) in [4.78, 5) is 2.18. The molecule has 1 aliphatic rings. The number of rotatable bonds is 5. The van der Waals surface area contributed by atoms with E-state index in [0.29, 0.717) is 5.71 Å². The zero-order chi connectivity index (χ0) is 14.0. The van der Waals surface area contributed by atoms with E-state index >= 15 is 0 Å². The molecule has 0 atom stereocenters. The van der Waals surface area contributed by atoms with Crippen LogP contribution in [0.4, 0.5) is 0 Å². The molecule has 1 saturated carbocycles. The highest BCUT2D eigenvalue weighted by molar-refractivity contribution is 6.04. The van der Waals surface area contributed by atoms with Crippen LogP contribution < -0.4 is 5.32 Å². The molecule has 3 N–H and O–H groups in total. The van der Waals surface area contributed by atoms with Crippen LogP contribution in [0.1, 0.15) is 26.7 Å². The predicted molar refractivity (Wildman–Crippen MR) is 78.1 cm³/mol. The first-order valence-corrected chi connectivity index (χ1v) is 6.57. The van der Waals surface area contributed by atoms with Crippen molar-refractivity contribution < 1.29 is 5.11 Å². The van der Waals surface area contributed by atoms with Gasteiger partial charge < -0.3 is 20.7 Å². The molecule has 0 aromatic carbocycles. The van der Waals surface area contributed by atoms with E-state index in [0.717, 1.165) is 38.0 Å². The second kappa shape index (κ2) is 9.85. The van der Waals surface area contributed by atoms with Crippen LogP contribution in [0.3, 0.4) is 0 Å². The van der Waals surface area contributed by atoms with Gasteiger partial charge >= 0.3 is 0 Å². The van der Waals surface area contributed by atoms with Crippen LogP contribution in [0.5, 0.6) is 0 Å². The average Bonchev–Trinajstić information content (AvgIpc) is 2.69. The minimum atomic E-state index is 0.279. The van der Waals surface area contributed by atoms with Crippen molar-refractivity contribution in [2.75, 3.05) is 33.3 Å². The highest BCUT2D eigenvalue weighted by atomic mass is 16.3. The lowest BCUT2D eigenvalue weighted by Crippen LogP contribution is -2.25. The second-order valence-corrected chi connectivity index (χ2v) is 4.17. The molecule has 0 bridgehead atoms. The van der Waals surface area contributed by atoms with Gasteiger partial charge in [0.25, 0.3) is 0 Å². The summed E-state index contributed by atoms with van der Waals surface area (Å²) in [7, 11) is 1.86. The molecule has 1 fully saturated rings. The number of aliphatic hydroxyl groups excluding tert-OH is 1. The summed E-state index contributed by atoms with van der Waals surface area (Å²) in [5.74, 6) is 0. The maximum atomic E-state index is 8.46. The van der Waals surface area contributed by atoms with Gasteiger partial charge in [0.2, 0.25) is 0 Å². The van der Waals surface area contributed by atoms with Crippen molar-refractivity contribution in [1.82, 2.24) is 10.2 Å². The molecule has 1 rings (SSSR count). The number of allylic oxidation sites excluding steroid dienone is 2. The molecule has 0 spiro atoms. The predicted octanol–water partition coefficient (Wildman–Crippen LogP) is 1.78. The topological polar surface area (TPSA) is 59.4 Å². The van der Waals surface area contributed by atoms with Crippen molar-refractivity contribution in [1.29, 1.82) is 5.41 Å². The molecular formula is C14H27N3O. The first-order valence-electron chi connectivity index (χ1n) is 6.57. The third-order valence-electron chi connectivity index (χ3n) is 3.03. The van der Waals surface area contributed by atoms with Gasteiger partial charge in [0.05, 0.1) is 6.61 Å². The molecule has 0 radical (unpaired) electrons. The van der Waals surface area contributed by atoms with Gasteiger partial charge in [-0.1, -0.05) is 20.4 Å². The van der Waals surface area contributed by atoms with Gasteiger partial charge in [-0.2, -0.15) is 0 Å². The SMILES string of the molecule is C=C1C(=N)CC/C1=C/NC.CCN(CC)CCO. The fourth-order valence-electron chi connectivity index (χ4n) is 1.77. The van der Waals surface area contributed by atoms with Gasteiger partial charge in [0, 0.05) is 25.5 Å². The summed E-state index contributed by atoms with van der Waals surface area (Å²) in [5.41, 5.74) is 2.75. The lowest BCUT2D eigenvalue weighted by Gasteiger charge is -2.15. The highest BCUT2D eigenvalue weighted by Gasteiger charge is 2.16. The summed E-state index contributed by atoms with van der Waals surface area (Å²) >= 11 is 0. The van der Waals surface area contributed by atoms with Crippen molar-refractivity contribution >= 4 is 5.71 Å². The van der Waals surface area contributed by atoms with E-state index in [9.17, 15) is 0 Å². The highest BCUT2D eigenvalue weighted by Crippen LogP contribution is 2.24. The standard InChI is InChI=1S/C8H12N2.C6H15NO/c1-6-7(5-10-2)3-4-8(6)9;1-3-7(4-2)5-6-8/h5,9-10H,1,3-4H2,2H3;8H,3-6H2,1-2H3/b7-5-,9-8?;. The fourth-order valence-corrected chi connectivity index (χ4v) is 1.77. The van der Waals surface area contributed by atoms with E-state index in [4.69, 9.17) is 10.5 Å². The Morgan fingerprint density at radius 3 is 2.28 bits per heavy atom. The fraction of sp³-hybridized carbons (Fsp3) is 0.643. The van der Waals surface area contributed by atoms with Crippen LogP contribution in [0, 0.1) is 5.41 Å². The number of hydrogen-bond donors (Lipinski definition) is 3. The molecule has 18 heavy (non-hydrogen) atoms. The van der Waals surface area contributed by atoms with Crippen LogP contribution in [0.2, 0.25) is 0 Å². The maximum absolute atomic E-state index is 8.46. The van der Waals surface area contributed by atoms with Crippen LogP contribution in [-0.2, 0) is 0 Å². The van der Waals surface area contributed by atoms with E-state index in [2.05, 4.69) is 30.6 Å². The summed E-state index contributed by atoms with van der Waals surface area (Å²) in [6.07, 6.45) is 3.74. The van der Waals surface area contributed by atoms with Crippen molar-refractivity contribution in [2.24, 2.45) is 0 Å². The summed E-state index contributed by atoms with van der Waals surface area (Å²) in [6, 6.07) is 0. The average molecular weight is 253 g/mol. The van der Waals surface area contributed by atoms with Crippen molar-refractivity contribution in [3.05, 3.63) is 23.9 Å². The number of aliphatic hydroxyl groups is 1. The van der Waals surface area contributed by atoms with Gasteiger partial charge in [-0.05, 0) is 37.1 Å². The van der Waals surface area contributed by atoms with Gasteiger partial charge in [-0.15, -0.1) is 0 Å². The van der Waals surface area contributed by atoms with E-state index < -0.39 is 0 Å². The molecule has 4 heteroatoms. The Labute approximate surface area is 111 Å². The molecule has 104 valence electrons. The third-order valence-corrected chi connectivity index (χ3v) is 3.03. The summed E-state index contributed by atoms with van der Waals surface area (Å²) < 4.78 is 0. The van der Waals surface area contributed by atoms with E-state index in [1.54, 1.807) is 0 Å². The third kappa shape index (κ3) is 5.98. The Hall–Kier alpha value is -1.13. The van der Waals surface area contributed by atoms with E-state index in [1.807, 2.05) is 13.2 Å². The molecule has 4 nitrogen and oxygen atoms in total. The molecule has 0 aromatic heterocycles. The van der Waals surface area contributed by atoms with Gasteiger partial charge in [0.15, 0.2) is 0 Å². The second-order valence-electron chi connectivity index (χ2n) is 4.17. The number of likely N-dealkylation sites (N-methyl/N-ethyl adjacent to an activating group) is 1. The first kappa shape index (κ1) is 16.9. The zero-order valence-electron chi connectivity index (χ0n) is 11.9. The Balaban J connectivity index is 0.000000331. The van der Waals surface area contributed by atoms with Gasteiger partial charge in [-0.25, -0.2) is 0 Å². The van der Waals surface area contributed by atoms with Gasteiger partial charge in [0.1, 0.15) is 0 Å². The normalized spacial score (nSPS) is 17.1. The van der Waals surface area contributed by atoms with Crippen molar-refractivity contribution in [3.8, 4) is 0 Å². The molecule has 0 unspecified atom stereocenters. The lowest BCUT2D eigenvalue weighted by atomic mass is 10.2. The molecule has 0 amide bonds. The zero-order valence-corrected chi connectivity index (χ0v) is 11.9. The minimum absolute atomic E-state index is 0.279. The first-order chi connectivity index (χ1) is 8.60. The quantitative estimate of drug-likeness (QED) is 0.700. The Bertz CT molecular complexity index is 293. The van der Waals surface area contributed by atoms with Crippen LogP contribution in [0.25, 0.3) is 0 Å². The summed E-state index contributed by atoms with van der Waals surface area (Å²) in [5, 5.41) is 18.8. The van der Waals surface area contributed by atoms with Gasteiger partial charge in [-0.3, -0.25) is 0 Å². The maximum Gasteiger partial charge on any atom is 0.0558 e. The van der Waals surface area contributed by atoms with Crippen molar-refractivity contribution in [2.45, 2.75) is 26.7 Å².